The maximum Gasteiger partial charge on any atom is 0.0397 e. The minimum Gasteiger partial charge on any atom is -0.374 e. The van der Waals surface area contributed by atoms with E-state index in [1.54, 1.807) is 0 Å². The molecule has 0 amide bonds. The van der Waals surface area contributed by atoms with Gasteiger partial charge in [-0.15, -0.1) is 0 Å². The second-order valence-electron chi connectivity index (χ2n) is 6.83. The highest BCUT2D eigenvalue weighted by atomic mass is 15.1. The Kier molecular flexibility index (Phi) is 4.30. The molecule has 1 aromatic carbocycles. The summed E-state index contributed by atoms with van der Waals surface area (Å²) < 4.78 is 0. The molecule has 0 bridgehead atoms. The van der Waals surface area contributed by atoms with E-state index >= 15 is 0 Å². The van der Waals surface area contributed by atoms with E-state index in [-0.39, 0.29) is 0 Å². The highest BCUT2D eigenvalue weighted by Gasteiger charge is 2.17. The molecule has 0 aromatic heterocycles. The van der Waals surface area contributed by atoms with Gasteiger partial charge in [-0.05, 0) is 48.8 Å². The van der Waals surface area contributed by atoms with Gasteiger partial charge in [0, 0.05) is 31.9 Å². The van der Waals surface area contributed by atoms with Crippen LogP contribution >= 0.6 is 0 Å². The maximum atomic E-state index is 3.79. The second kappa shape index (κ2) is 6.17. The van der Waals surface area contributed by atoms with Crippen LogP contribution in [0.1, 0.15) is 50.2 Å². The molecule has 3 rings (SSSR count). The zero-order chi connectivity index (χ0) is 13.9. The van der Waals surface area contributed by atoms with Crippen molar-refractivity contribution in [2.75, 3.05) is 18.5 Å². The van der Waals surface area contributed by atoms with Gasteiger partial charge in [-0.3, -0.25) is 0 Å². The predicted molar refractivity (Wildman–Crippen MR) is 86.3 cm³/mol. The maximum absolute atomic E-state index is 3.79. The molecule has 1 saturated carbocycles. The Labute approximate surface area is 123 Å². The van der Waals surface area contributed by atoms with E-state index in [2.05, 4.69) is 42.4 Å². The summed E-state index contributed by atoms with van der Waals surface area (Å²) in [6, 6.07) is 7.74. The van der Waals surface area contributed by atoms with Crippen molar-refractivity contribution in [3.8, 4) is 0 Å². The number of likely N-dealkylation sites (N-methyl/N-ethyl adjacent to an activating group) is 1. The minimum atomic E-state index is 0.732. The molecule has 2 nitrogen and oxygen atoms in total. The van der Waals surface area contributed by atoms with Gasteiger partial charge in [0.05, 0.1) is 0 Å². The van der Waals surface area contributed by atoms with Crippen LogP contribution in [0.2, 0.25) is 0 Å². The van der Waals surface area contributed by atoms with Crippen molar-refractivity contribution in [1.82, 2.24) is 5.32 Å². The topological polar surface area (TPSA) is 15.3 Å². The van der Waals surface area contributed by atoms with Crippen molar-refractivity contribution >= 4 is 5.69 Å². The van der Waals surface area contributed by atoms with Crippen LogP contribution in [-0.4, -0.2) is 19.6 Å². The molecule has 2 atom stereocenters. The van der Waals surface area contributed by atoms with E-state index in [9.17, 15) is 0 Å². The number of hydrogen-bond donors (Lipinski definition) is 1. The highest BCUT2D eigenvalue weighted by molar-refractivity contribution is 5.58. The molecule has 1 aliphatic heterocycles. The molecule has 2 unspecified atom stereocenters. The van der Waals surface area contributed by atoms with Gasteiger partial charge in [-0.2, -0.15) is 0 Å². The fraction of sp³-hybridized carbons (Fsp3) is 0.667. The van der Waals surface area contributed by atoms with Crippen LogP contribution < -0.4 is 10.2 Å². The van der Waals surface area contributed by atoms with Crippen molar-refractivity contribution in [1.29, 1.82) is 0 Å². The third-order valence-electron chi connectivity index (χ3n) is 5.12. The molecule has 1 heterocycles. The number of nitrogens with zero attached hydrogens (tertiary/aromatic N) is 1. The van der Waals surface area contributed by atoms with E-state index in [1.807, 2.05) is 0 Å². The molecule has 0 saturated heterocycles. The first kappa shape index (κ1) is 13.9. The molecule has 110 valence electrons. The largest absolute Gasteiger partial charge is 0.374 e. The molecule has 1 fully saturated rings. The standard InChI is InChI=1S/C18H28N2/c1-14-4-3-5-17(8-6-14)19-13-15-7-9-18-16(12-15)10-11-20(18)2/h7,9,12,14,17,19H,3-6,8,10-11,13H2,1-2H3. The van der Waals surface area contributed by atoms with Gasteiger partial charge in [-0.25, -0.2) is 0 Å². The zero-order valence-corrected chi connectivity index (χ0v) is 13.0. The van der Waals surface area contributed by atoms with Gasteiger partial charge in [0.15, 0.2) is 0 Å². The van der Waals surface area contributed by atoms with Crippen molar-refractivity contribution in [3.63, 3.8) is 0 Å². The third-order valence-corrected chi connectivity index (χ3v) is 5.12. The first-order chi connectivity index (χ1) is 9.72. The summed E-state index contributed by atoms with van der Waals surface area (Å²) >= 11 is 0. The van der Waals surface area contributed by atoms with Crippen LogP contribution in [0.4, 0.5) is 5.69 Å². The predicted octanol–water partition coefficient (Wildman–Crippen LogP) is 3.74. The van der Waals surface area contributed by atoms with Gasteiger partial charge in [0.2, 0.25) is 0 Å². The monoisotopic (exact) mass is 272 g/mol. The van der Waals surface area contributed by atoms with E-state index in [0.717, 1.165) is 18.5 Å². The van der Waals surface area contributed by atoms with Crippen molar-refractivity contribution < 1.29 is 0 Å². The Hall–Kier alpha value is -1.02. The summed E-state index contributed by atoms with van der Waals surface area (Å²) in [5.74, 6) is 0.928. The van der Waals surface area contributed by atoms with E-state index in [1.165, 1.54) is 61.9 Å². The summed E-state index contributed by atoms with van der Waals surface area (Å²) in [6.45, 7) is 4.61. The summed E-state index contributed by atoms with van der Waals surface area (Å²) in [7, 11) is 2.19. The van der Waals surface area contributed by atoms with Crippen molar-refractivity contribution in [3.05, 3.63) is 29.3 Å². The summed E-state index contributed by atoms with van der Waals surface area (Å²) in [6.07, 6.45) is 8.14. The average molecular weight is 272 g/mol. The lowest BCUT2D eigenvalue weighted by Crippen LogP contribution is -2.28. The number of rotatable bonds is 3. The van der Waals surface area contributed by atoms with E-state index in [4.69, 9.17) is 0 Å². The third kappa shape index (κ3) is 3.17. The molecule has 2 heteroatoms. The first-order valence-electron chi connectivity index (χ1n) is 8.28. The molecular weight excluding hydrogens is 244 g/mol. The van der Waals surface area contributed by atoms with Crippen LogP contribution in [0, 0.1) is 5.92 Å². The van der Waals surface area contributed by atoms with Gasteiger partial charge >= 0.3 is 0 Å². The van der Waals surface area contributed by atoms with Gasteiger partial charge in [-0.1, -0.05) is 31.9 Å². The normalized spacial score (nSPS) is 26.4. The number of hydrogen-bond acceptors (Lipinski definition) is 2. The van der Waals surface area contributed by atoms with Crippen LogP contribution in [0.3, 0.4) is 0 Å². The molecule has 2 aliphatic rings. The Morgan fingerprint density at radius 2 is 2.10 bits per heavy atom. The van der Waals surface area contributed by atoms with Crippen LogP contribution in [0.5, 0.6) is 0 Å². The number of benzene rings is 1. The fourth-order valence-corrected chi connectivity index (χ4v) is 3.68. The number of anilines is 1. The Bertz CT molecular complexity index is 455. The van der Waals surface area contributed by atoms with Crippen LogP contribution in [0.25, 0.3) is 0 Å². The lowest BCUT2D eigenvalue weighted by molar-refractivity contribution is 0.447. The Morgan fingerprint density at radius 3 is 3.00 bits per heavy atom. The molecule has 1 N–H and O–H groups in total. The van der Waals surface area contributed by atoms with Gasteiger partial charge < -0.3 is 10.2 Å². The van der Waals surface area contributed by atoms with Gasteiger partial charge in [0.25, 0.3) is 0 Å². The van der Waals surface area contributed by atoms with Crippen molar-refractivity contribution in [2.45, 2.75) is 58.0 Å². The van der Waals surface area contributed by atoms with Crippen LogP contribution in [0.15, 0.2) is 18.2 Å². The molecular formula is C18H28N2. The molecule has 0 spiro atoms. The summed E-state index contributed by atoms with van der Waals surface area (Å²) in [4.78, 5) is 2.36. The van der Waals surface area contributed by atoms with E-state index < -0.39 is 0 Å². The summed E-state index contributed by atoms with van der Waals surface area (Å²) in [5, 5.41) is 3.79. The molecule has 20 heavy (non-hydrogen) atoms. The summed E-state index contributed by atoms with van der Waals surface area (Å²) in [5.41, 5.74) is 4.41. The Balaban J connectivity index is 1.56. The van der Waals surface area contributed by atoms with Gasteiger partial charge in [0.1, 0.15) is 0 Å². The lowest BCUT2D eigenvalue weighted by atomic mass is 10.0. The minimum absolute atomic E-state index is 0.732. The number of fused-ring (bicyclic) bond motifs is 1. The molecule has 1 aromatic rings. The number of nitrogens with one attached hydrogen (secondary N) is 1. The first-order valence-corrected chi connectivity index (χ1v) is 8.28. The zero-order valence-electron chi connectivity index (χ0n) is 13.0. The highest BCUT2D eigenvalue weighted by Crippen LogP contribution is 2.27. The fourth-order valence-electron chi connectivity index (χ4n) is 3.68. The smallest absolute Gasteiger partial charge is 0.0397 e. The molecule has 1 aliphatic carbocycles. The van der Waals surface area contributed by atoms with Crippen molar-refractivity contribution in [2.24, 2.45) is 5.92 Å². The molecule has 0 radical (unpaired) electrons. The van der Waals surface area contributed by atoms with E-state index in [0.29, 0.717) is 0 Å². The lowest BCUT2D eigenvalue weighted by Gasteiger charge is -2.17. The quantitative estimate of drug-likeness (QED) is 0.843. The Morgan fingerprint density at radius 1 is 1.20 bits per heavy atom. The average Bonchev–Trinajstić information content (AvgIpc) is 2.68. The second-order valence-corrected chi connectivity index (χ2v) is 6.83. The van der Waals surface area contributed by atoms with Crippen LogP contribution in [-0.2, 0) is 13.0 Å². The SMILES string of the molecule is CC1CCCC(NCc2ccc3c(c2)CCN3C)CC1.